The van der Waals surface area contributed by atoms with Gasteiger partial charge in [-0.2, -0.15) is 4.57 Å². The quantitative estimate of drug-likeness (QED) is 0.485. The number of rotatable bonds is 6. The lowest BCUT2D eigenvalue weighted by atomic mass is 10.0. The van der Waals surface area contributed by atoms with Crippen molar-refractivity contribution in [3.63, 3.8) is 0 Å². The number of carbonyl (C=O) groups is 2. The number of anilines is 1. The number of benzene rings is 1. The van der Waals surface area contributed by atoms with Crippen molar-refractivity contribution >= 4 is 28.2 Å². The van der Waals surface area contributed by atoms with Gasteiger partial charge in [0, 0.05) is 29.5 Å². The Kier molecular flexibility index (Phi) is 6.39. The number of hydrogen-bond acceptors (Lipinski definition) is 4. The maximum absolute atomic E-state index is 13.3. The molecule has 3 aromatic rings. The molecule has 7 heteroatoms. The summed E-state index contributed by atoms with van der Waals surface area (Å²) in [6.07, 6.45) is 1.84. The minimum absolute atomic E-state index is 0.125. The van der Waals surface area contributed by atoms with Gasteiger partial charge < -0.3 is 10.1 Å². The fourth-order valence-corrected chi connectivity index (χ4v) is 3.91. The number of hydrogen-bond donors (Lipinski definition) is 1. The predicted octanol–water partition coefficient (Wildman–Crippen LogP) is 4.27. The molecule has 0 radical (unpaired) electrons. The molecule has 29 heavy (non-hydrogen) atoms. The molecule has 150 valence electrons. The Balaban J connectivity index is 1.90. The lowest BCUT2D eigenvalue weighted by molar-refractivity contribution is -0.690. The van der Waals surface area contributed by atoms with E-state index in [0.29, 0.717) is 16.1 Å². The summed E-state index contributed by atoms with van der Waals surface area (Å²) in [5.41, 5.74) is 3.63. The highest BCUT2D eigenvalue weighted by Gasteiger charge is 2.24. The molecule has 1 N–H and O–H groups in total. The number of ether oxygens (including phenoxy) is 1. The van der Waals surface area contributed by atoms with Crippen LogP contribution in [0.15, 0.2) is 48.0 Å². The molecule has 0 bridgehead atoms. The van der Waals surface area contributed by atoms with Crippen LogP contribution in [0.3, 0.4) is 0 Å². The minimum atomic E-state index is -0.525. The Labute approximate surface area is 172 Å². The second-order valence-corrected chi connectivity index (χ2v) is 7.41. The molecule has 0 spiro atoms. The Morgan fingerprint density at radius 3 is 2.59 bits per heavy atom. The normalized spacial score (nSPS) is 10.6. The molecule has 0 aliphatic heterocycles. The summed E-state index contributed by atoms with van der Waals surface area (Å²) in [5, 5.41) is 5.01. The highest BCUT2D eigenvalue weighted by atomic mass is 32.1. The lowest BCUT2D eigenvalue weighted by Crippen LogP contribution is -2.43. The van der Waals surface area contributed by atoms with E-state index < -0.39 is 5.97 Å². The first-order chi connectivity index (χ1) is 13.9. The summed E-state index contributed by atoms with van der Waals surface area (Å²) in [7, 11) is 0. The fraction of sp³-hybridized carbons (Fsp3) is 0.227. The molecule has 0 atom stereocenters. The standard InChI is InChI=1S/C22H21FN2O3S/c1-4-28-22(27)20-18(16-7-9-17(23)10-8-16)13-29-21(20)24-19(26)12-25-11-5-6-14(2)15(25)3/h5-11,13H,4,12H2,1-3H3/p+1. The van der Waals surface area contributed by atoms with Crippen LogP contribution in [0.5, 0.6) is 0 Å². The van der Waals surface area contributed by atoms with E-state index in [4.69, 9.17) is 4.74 Å². The first-order valence-corrected chi connectivity index (χ1v) is 10.1. The summed E-state index contributed by atoms with van der Waals surface area (Å²) in [5.74, 6) is -1.13. The van der Waals surface area contributed by atoms with Gasteiger partial charge in [-0.05, 0) is 37.6 Å². The molecule has 1 amide bonds. The Morgan fingerprint density at radius 1 is 1.17 bits per heavy atom. The monoisotopic (exact) mass is 413 g/mol. The third kappa shape index (κ3) is 4.68. The van der Waals surface area contributed by atoms with E-state index in [2.05, 4.69) is 5.32 Å². The topological polar surface area (TPSA) is 59.3 Å². The van der Waals surface area contributed by atoms with Crippen LogP contribution in [0, 0.1) is 19.7 Å². The summed E-state index contributed by atoms with van der Waals surface area (Å²) < 4.78 is 20.3. The third-order valence-electron chi connectivity index (χ3n) is 4.61. The number of halogens is 1. The predicted molar refractivity (Wildman–Crippen MR) is 110 cm³/mol. The molecule has 3 rings (SSSR count). The van der Waals surface area contributed by atoms with Crippen molar-refractivity contribution < 1.29 is 23.3 Å². The second kappa shape index (κ2) is 8.96. The zero-order chi connectivity index (χ0) is 21.0. The lowest BCUT2D eigenvalue weighted by Gasteiger charge is -2.08. The third-order valence-corrected chi connectivity index (χ3v) is 5.50. The molecular formula is C22H22FN2O3S+. The number of carbonyl (C=O) groups excluding carboxylic acids is 2. The van der Waals surface area contributed by atoms with E-state index in [-0.39, 0.29) is 30.4 Å². The Morgan fingerprint density at radius 2 is 1.90 bits per heavy atom. The van der Waals surface area contributed by atoms with Crippen LogP contribution in [0.2, 0.25) is 0 Å². The maximum atomic E-state index is 13.3. The van der Waals surface area contributed by atoms with Crippen molar-refractivity contribution in [2.75, 3.05) is 11.9 Å². The molecule has 0 saturated carbocycles. The van der Waals surface area contributed by atoms with Crippen LogP contribution in [-0.2, 0) is 16.1 Å². The summed E-state index contributed by atoms with van der Waals surface area (Å²) in [6.45, 7) is 5.99. The molecule has 0 aliphatic rings. The van der Waals surface area contributed by atoms with Crippen molar-refractivity contribution in [2.24, 2.45) is 0 Å². The van der Waals surface area contributed by atoms with Gasteiger partial charge in [-0.1, -0.05) is 12.1 Å². The van der Waals surface area contributed by atoms with E-state index in [1.165, 1.54) is 23.5 Å². The van der Waals surface area contributed by atoms with Gasteiger partial charge in [-0.3, -0.25) is 4.79 Å². The smallest absolute Gasteiger partial charge is 0.341 e. The average Bonchev–Trinajstić information content (AvgIpc) is 3.09. The molecular weight excluding hydrogens is 391 g/mol. The van der Waals surface area contributed by atoms with Crippen molar-refractivity contribution in [2.45, 2.75) is 27.3 Å². The molecule has 0 fully saturated rings. The van der Waals surface area contributed by atoms with E-state index in [0.717, 1.165) is 11.3 Å². The van der Waals surface area contributed by atoms with Crippen LogP contribution >= 0.6 is 11.3 Å². The number of aryl methyl sites for hydroxylation is 1. The molecule has 2 heterocycles. The number of amides is 1. The minimum Gasteiger partial charge on any atom is -0.462 e. The summed E-state index contributed by atoms with van der Waals surface area (Å²) >= 11 is 1.24. The summed E-state index contributed by atoms with van der Waals surface area (Å²) in [6, 6.07) is 9.72. The van der Waals surface area contributed by atoms with Gasteiger partial charge in [0.25, 0.3) is 5.91 Å². The van der Waals surface area contributed by atoms with Crippen LogP contribution in [0.1, 0.15) is 28.5 Å². The van der Waals surface area contributed by atoms with Crippen molar-refractivity contribution in [1.82, 2.24) is 0 Å². The van der Waals surface area contributed by atoms with Gasteiger partial charge >= 0.3 is 5.97 Å². The zero-order valence-corrected chi connectivity index (χ0v) is 17.3. The van der Waals surface area contributed by atoms with Gasteiger partial charge in [-0.25, -0.2) is 9.18 Å². The molecule has 0 aliphatic carbocycles. The number of nitrogens with zero attached hydrogens (tertiary/aromatic N) is 1. The van der Waals surface area contributed by atoms with Gasteiger partial charge in [-0.15, -0.1) is 11.3 Å². The molecule has 0 saturated heterocycles. The number of pyridine rings is 1. The van der Waals surface area contributed by atoms with Gasteiger partial charge in [0.05, 0.1) is 6.61 Å². The highest BCUT2D eigenvalue weighted by molar-refractivity contribution is 7.15. The molecule has 1 aromatic carbocycles. The largest absolute Gasteiger partial charge is 0.462 e. The summed E-state index contributed by atoms with van der Waals surface area (Å²) in [4.78, 5) is 25.2. The van der Waals surface area contributed by atoms with Crippen LogP contribution in [0.25, 0.3) is 11.1 Å². The maximum Gasteiger partial charge on any atom is 0.341 e. The number of esters is 1. The van der Waals surface area contributed by atoms with E-state index in [9.17, 15) is 14.0 Å². The van der Waals surface area contributed by atoms with Gasteiger partial charge in [0.1, 0.15) is 16.4 Å². The first kappa shape index (κ1) is 20.7. The SMILES string of the molecule is CCOC(=O)c1c(-c2ccc(F)cc2)csc1NC(=O)C[n+]1cccc(C)c1C. The van der Waals surface area contributed by atoms with Gasteiger partial charge in [0.2, 0.25) is 6.54 Å². The molecule has 5 nitrogen and oxygen atoms in total. The van der Waals surface area contributed by atoms with Crippen molar-refractivity contribution in [3.8, 4) is 11.1 Å². The zero-order valence-electron chi connectivity index (χ0n) is 16.5. The Bertz CT molecular complexity index is 1040. The van der Waals surface area contributed by atoms with Crippen LogP contribution < -0.4 is 9.88 Å². The number of thiophene rings is 1. The van der Waals surface area contributed by atoms with E-state index in [1.807, 2.05) is 36.7 Å². The number of nitrogens with one attached hydrogen (secondary N) is 1. The van der Waals surface area contributed by atoms with E-state index >= 15 is 0 Å². The van der Waals surface area contributed by atoms with Crippen LogP contribution in [-0.4, -0.2) is 18.5 Å². The Hall–Kier alpha value is -3.06. The fourth-order valence-electron chi connectivity index (χ4n) is 2.94. The average molecular weight is 413 g/mol. The molecule has 2 aromatic heterocycles. The molecule has 0 unspecified atom stereocenters. The number of aromatic nitrogens is 1. The second-order valence-electron chi connectivity index (χ2n) is 6.53. The van der Waals surface area contributed by atoms with Crippen molar-refractivity contribution in [1.29, 1.82) is 0 Å². The van der Waals surface area contributed by atoms with E-state index in [1.54, 1.807) is 24.4 Å². The van der Waals surface area contributed by atoms with Crippen molar-refractivity contribution in [3.05, 3.63) is 70.6 Å². The first-order valence-electron chi connectivity index (χ1n) is 9.20. The van der Waals surface area contributed by atoms with Crippen LogP contribution in [0.4, 0.5) is 9.39 Å². The highest BCUT2D eigenvalue weighted by Crippen LogP contribution is 2.36. The van der Waals surface area contributed by atoms with Gasteiger partial charge in [0.15, 0.2) is 11.9 Å².